The molecule has 2 amide bonds. The van der Waals surface area contributed by atoms with Gasteiger partial charge in [0, 0.05) is 36.2 Å². The predicted molar refractivity (Wildman–Crippen MR) is 185 cm³/mol. The summed E-state index contributed by atoms with van der Waals surface area (Å²) in [6.07, 6.45) is 6.41. The van der Waals surface area contributed by atoms with Crippen molar-refractivity contribution in [3.8, 4) is 23.0 Å². The summed E-state index contributed by atoms with van der Waals surface area (Å²) in [5.74, 6) is 1.80. The van der Waals surface area contributed by atoms with Crippen LogP contribution in [0.2, 0.25) is 0 Å². The lowest BCUT2D eigenvalue weighted by molar-refractivity contribution is -0.122. The van der Waals surface area contributed by atoms with E-state index in [2.05, 4.69) is 22.5 Å². The van der Waals surface area contributed by atoms with E-state index in [-0.39, 0.29) is 30.1 Å². The molecule has 10 heteroatoms. The predicted octanol–water partition coefficient (Wildman–Crippen LogP) is 8.26. The Balaban J connectivity index is 1.31. The van der Waals surface area contributed by atoms with Gasteiger partial charge in [-0.1, -0.05) is 25.5 Å². The molecule has 0 saturated carbocycles. The number of benzene rings is 3. The first kappa shape index (κ1) is 36.1. The summed E-state index contributed by atoms with van der Waals surface area (Å²) in [7, 11) is 1.59. The molecule has 4 aromatic rings. The third-order valence-electron chi connectivity index (χ3n) is 7.79. The molecule has 0 fully saturated rings. The van der Waals surface area contributed by atoms with Gasteiger partial charge in [0.1, 0.15) is 17.3 Å². The third kappa shape index (κ3) is 11.2. The number of halogens is 1. The van der Waals surface area contributed by atoms with Crippen LogP contribution in [0, 0.1) is 5.82 Å². The van der Waals surface area contributed by atoms with Crippen molar-refractivity contribution in [3.05, 3.63) is 84.3 Å². The number of rotatable bonds is 18. The lowest BCUT2D eigenvalue weighted by Gasteiger charge is -2.19. The molecule has 0 radical (unpaired) electrons. The number of nitrogens with zero attached hydrogens (tertiary/aromatic N) is 1. The van der Waals surface area contributed by atoms with Gasteiger partial charge >= 0.3 is 0 Å². The lowest BCUT2D eigenvalue weighted by atomic mass is 10.0. The summed E-state index contributed by atoms with van der Waals surface area (Å²) < 4.78 is 30.9. The van der Waals surface area contributed by atoms with E-state index >= 15 is 0 Å². The normalized spacial score (nSPS) is 12.0. The van der Waals surface area contributed by atoms with Gasteiger partial charge in [0.25, 0.3) is 0 Å². The number of pyridine rings is 1. The van der Waals surface area contributed by atoms with Crippen molar-refractivity contribution in [3.63, 3.8) is 0 Å². The number of hydrogen-bond acceptors (Lipinski definition) is 7. The Morgan fingerprint density at radius 1 is 0.917 bits per heavy atom. The molecule has 3 N–H and O–H groups in total. The average Bonchev–Trinajstić information content (AvgIpc) is 3.05. The number of methoxy groups -OCH3 is 1. The number of amides is 2. The van der Waals surface area contributed by atoms with Gasteiger partial charge in [-0.15, -0.1) is 0 Å². The Labute approximate surface area is 281 Å². The van der Waals surface area contributed by atoms with Crippen LogP contribution in [0.4, 0.5) is 10.1 Å². The highest BCUT2D eigenvalue weighted by Gasteiger charge is 2.17. The van der Waals surface area contributed by atoms with E-state index in [4.69, 9.17) is 14.2 Å². The van der Waals surface area contributed by atoms with Crippen LogP contribution in [0.1, 0.15) is 83.7 Å². The zero-order valence-corrected chi connectivity index (χ0v) is 28.2. The van der Waals surface area contributed by atoms with E-state index in [0.717, 1.165) is 23.8 Å². The van der Waals surface area contributed by atoms with Crippen LogP contribution < -0.4 is 24.8 Å². The van der Waals surface area contributed by atoms with Gasteiger partial charge in [0.2, 0.25) is 11.8 Å². The topological polar surface area (TPSA) is 119 Å². The van der Waals surface area contributed by atoms with Crippen LogP contribution in [0.15, 0.2) is 72.9 Å². The minimum absolute atomic E-state index is 0.0643. The molecule has 1 aromatic heterocycles. The van der Waals surface area contributed by atoms with Crippen molar-refractivity contribution < 1.29 is 33.3 Å². The van der Waals surface area contributed by atoms with Gasteiger partial charge in [-0.05, 0) is 100 Å². The fourth-order valence-corrected chi connectivity index (χ4v) is 5.28. The van der Waals surface area contributed by atoms with Crippen LogP contribution in [-0.4, -0.2) is 41.2 Å². The van der Waals surface area contributed by atoms with Crippen LogP contribution >= 0.6 is 0 Å². The molecule has 1 atom stereocenters. The van der Waals surface area contributed by atoms with Gasteiger partial charge in [0.05, 0.1) is 30.9 Å². The van der Waals surface area contributed by atoms with Gasteiger partial charge in [-0.2, -0.15) is 0 Å². The monoisotopic (exact) mass is 659 g/mol. The summed E-state index contributed by atoms with van der Waals surface area (Å²) in [5.41, 5.74) is 1.47. The van der Waals surface area contributed by atoms with Gasteiger partial charge in [-0.25, -0.2) is 4.39 Å². The minimum Gasteiger partial charge on any atom is -0.493 e. The number of unbranched alkanes of at least 4 members (excludes halogenated alkanes) is 1. The summed E-state index contributed by atoms with van der Waals surface area (Å²) in [4.78, 5) is 29.5. The molecular weight excluding hydrogens is 613 g/mol. The molecule has 4 rings (SSSR count). The van der Waals surface area contributed by atoms with Crippen molar-refractivity contribution in [2.45, 2.75) is 83.8 Å². The second-order valence-electron chi connectivity index (χ2n) is 12.4. The van der Waals surface area contributed by atoms with E-state index in [1.54, 1.807) is 33.2 Å². The molecule has 0 spiro atoms. The highest BCUT2D eigenvalue weighted by molar-refractivity contribution is 5.90. The standard InChI is InChI=1S/C38H46FN3O6/c1-5-9-31(42-37(44)11-7-6-10-36(43)41-28-16-14-27(39)15-17-28)26-12-18-29(19-13-26)48-33-20-22-40-32-25-35(34(46-4)24-30(32)33)47-23-8-21-38(2,3)45/h12-20,22,24-25,31,45H,5-11,21,23H2,1-4H3,(H,41,43)(H,42,44). The summed E-state index contributed by atoms with van der Waals surface area (Å²) >= 11 is 0. The molecule has 256 valence electrons. The molecule has 9 nitrogen and oxygen atoms in total. The van der Waals surface area contributed by atoms with Crippen molar-refractivity contribution in [1.82, 2.24) is 10.3 Å². The van der Waals surface area contributed by atoms with Crippen molar-refractivity contribution >= 4 is 28.4 Å². The largest absolute Gasteiger partial charge is 0.493 e. The van der Waals surface area contributed by atoms with Crippen LogP contribution in [0.3, 0.4) is 0 Å². The van der Waals surface area contributed by atoms with E-state index in [0.29, 0.717) is 72.9 Å². The number of aromatic nitrogens is 1. The summed E-state index contributed by atoms with van der Waals surface area (Å²) in [6.45, 7) is 6.07. The van der Waals surface area contributed by atoms with E-state index in [9.17, 15) is 19.1 Å². The molecule has 0 aliphatic heterocycles. The second kappa shape index (κ2) is 17.5. The van der Waals surface area contributed by atoms with Crippen molar-refractivity contribution in [2.75, 3.05) is 19.0 Å². The highest BCUT2D eigenvalue weighted by atomic mass is 19.1. The maximum absolute atomic E-state index is 13.1. The maximum Gasteiger partial charge on any atom is 0.224 e. The molecule has 48 heavy (non-hydrogen) atoms. The van der Waals surface area contributed by atoms with E-state index < -0.39 is 5.60 Å². The highest BCUT2D eigenvalue weighted by Crippen LogP contribution is 2.37. The molecule has 0 aliphatic carbocycles. The Hall–Kier alpha value is -4.70. The number of ether oxygens (including phenoxy) is 3. The summed E-state index contributed by atoms with van der Waals surface area (Å²) in [5, 5.41) is 16.6. The first-order valence-electron chi connectivity index (χ1n) is 16.5. The average molecular weight is 660 g/mol. The smallest absolute Gasteiger partial charge is 0.224 e. The van der Waals surface area contributed by atoms with Gasteiger partial charge in [0.15, 0.2) is 11.5 Å². The molecule has 1 heterocycles. The van der Waals surface area contributed by atoms with Gasteiger partial charge < -0.3 is 30.0 Å². The third-order valence-corrected chi connectivity index (χ3v) is 7.79. The zero-order chi connectivity index (χ0) is 34.5. The number of aliphatic hydroxyl groups is 1. The van der Waals surface area contributed by atoms with Crippen LogP contribution in [-0.2, 0) is 9.59 Å². The van der Waals surface area contributed by atoms with Gasteiger partial charge in [-0.3, -0.25) is 14.6 Å². The van der Waals surface area contributed by atoms with E-state index in [1.165, 1.54) is 24.3 Å². The summed E-state index contributed by atoms with van der Waals surface area (Å²) in [6, 6.07) is 18.6. The number of anilines is 1. The zero-order valence-electron chi connectivity index (χ0n) is 28.2. The minimum atomic E-state index is -0.745. The molecule has 0 saturated heterocycles. The molecule has 1 unspecified atom stereocenters. The number of fused-ring (bicyclic) bond motifs is 1. The SMILES string of the molecule is CCCC(NC(=O)CCCCC(=O)Nc1ccc(F)cc1)c1ccc(Oc2ccnc3cc(OCCCC(C)(C)O)c(OC)cc23)cc1. The fourth-order valence-electron chi connectivity index (χ4n) is 5.28. The molecular formula is C38H46FN3O6. The quantitative estimate of drug-likeness (QED) is 0.0921. The van der Waals surface area contributed by atoms with E-state index in [1.807, 2.05) is 36.4 Å². The first-order valence-corrected chi connectivity index (χ1v) is 16.5. The number of carbonyl (C=O) groups excluding carboxylic acids is 2. The molecule has 0 bridgehead atoms. The lowest BCUT2D eigenvalue weighted by Crippen LogP contribution is -2.28. The maximum atomic E-state index is 13.1. The Morgan fingerprint density at radius 3 is 2.29 bits per heavy atom. The number of nitrogens with one attached hydrogen (secondary N) is 2. The van der Waals surface area contributed by atoms with Crippen molar-refractivity contribution in [2.24, 2.45) is 0 Å². The fraction of sp³-hybridized carbons (Fsp3) is 0.395. The number of hydrogen-bond donors (Lipinski definition) is 3. The first-order chi connectivity index (χ1) is 23.0. The van der Waals surface area contributed by atoms with Crippen LogP contribution in [0.25, 0.3) is 10.9 Å². The second-order valence-corrected chi connectivity index (χ2v) is 12.4. The molecule has 0 aliphatic rings. The Bertz CT molecular complexity index is 1640. The number of carbonyl (C=O) groups is 2. The van der Waals surface area contributed by atoms with Crippen LogP contribution in [0.5, 0.6) is 23.0 Å². The molecule has 3 aromatic carbocycles. The Morgan fingerprint density at radius 2 is 1.62 bits per heavy atom. The van der Waals surface area contributed by atoms with Crippen molar-refractivity contribution in [1.29, 1.82) is 0 Å². The Kier molecular flexibility index (Phi) is 13.1.